The highest BCUT2D eigenvalue weighted by atomic mass is 79.9. The van der Waals surface area contributed by atoms with Crippen molar-refractivity contribution < 1.29 is 0 Å². The van der Waals surface area contributed by atoms with Crippen molar-refractivity contribution in [3.05, 3.63) is 20.8 Å². The number of hydrogen-bond donors (Lipinski definition) is 1. The van der Waals surface area contributed by atoms with Crippen LogP contribution in [-0.4, -0.2) is 13.6 Å². The normalized spacial score (nSPS) is 27.8. The fourth-order valence-corrected chi connectivity index (χ4v) is 5.33. The molecule has 3 heteroatoms. The van der Waals surface area contributed by atoms with E-state index in [1.165, 1.54) is 41.5 Å². The molecule has 1 heterocycles. The first kappa shape index (κ1) is 16.5. The fraction of sp³-hybridized carbons (Fsp3) is 0.765. The zero-order chi connectivity index (χ0) is 14.8. The molecule has 0 spiro atoms. The highest BCUT2D eigenvalue weighted by Crippen LogP contribution is 2.47. The summed E-state index contributed by atoms with van der Waals surface area (Å²) in [5, 5.41) is 5.66. The van der Waals surface area contributed by atoms with E-state index < -0.39 is 0 Å². The lowest BCUT2D eigenvalue weighted by atomic mass is 9.63. The van der Waals surface area contributed by atoms with Gasteiger partial charge in [0, 0.05) is 21.3 Å². The fourth-order valence-electron chi connectivity index (χ4n) is 3.70. The molecule has 0 aliphatic heterocycles. The van der Waals surface area contributed by atoms with E-state index in [1.807, 2.05) is 11.3 Å². The lowest BCUT2D eigenvalue weighted by molar-refractivity contribution is 0.0882. The Morgan fingerprint density at radius 1 is 1.35 bits per heavy atom. The third kappa shape index (κ3) is 4.08. The molecule has 1 aliphatic carbocycles. The molecule has 1 aliphatic rings. The molecule has 1 N–H and O–H groups in total. The van der Waals surface area contributed by atoms with E-state index in [1.54, 1.807) is 0 Å². The van der Waals surface area contributed by atoms with Gasteiger partial charge in [-0.15, -0.1) is 11.3 Å². The van der Waals surface area contributed by atoms with Crippen molar-refractivity contribution in [3.63, 3.8) is 0 Å². The Bertz CT molecular complexity index is 424. The highest BCUT2D eigenvalue weighted by Gasteiger charge is 2.38. The van der Waals surface area contributed by atoms with Crippen molar-refractivity contribution in [2.24, 2.45) is 16.7 Å². The molecule has 114 valence electrons. The molecular weight excluding hydrogens is 330 g/mol. The van der Waals surface area contributed by atoms with Gasteiger partial charge in [-0.3, -0.25) is 0 Å². The Kier molecular flexibility index (Phi) is 5.36. The van der Waals surface area contributed by atoms with Crippen molar-refractivity contribution in [2.45, 2.75) is 52.9 Å². The van der Waals surface area contributed by atoms with Crippen molar-refractivity contribution in [3.8, 4) is 0 Å². The van der Waals surface area contributed by atoms with Crippen LogP contribution in [0.25, 0.3) is 0 Å². The van der Waals surface area contributed by atoms with Crippen molar-refractivity contribution in [1.29, 1.82) is 0 Å². The molecule has 0 unspecified atom stereocenters. The maximum Gasteiger partial charge on any atom is 0.0285 e. The van der Waals surface area contributed by atoms with Gasteiger partial charge in [-0.05, 0) is 77.9 Å². The third-order valence-corrected chi connectivity index (χ3v) is 6.69. The highest BCUT2D eigenvalue weighted by molar-refractivity contribution is 9.10. The van der Waals surface area contributed by atoms with Gasteiger partial charge in [0.15, 0.2) is 0 Å². The summed E-state index contributed by atoms with van der Waals surface area (Å²) in [7, 11) is 2.10. The first-order chi connectivity index (χ1) is 9.35. The molecule has 1 aromatic heterocycles. The van der Waals surface area contributed by atoms with E-state index >= 15 is 0 Å². The van der Waals surface area contributed by atoms with Crippen LogP contribution >= 0.6 is 27.3 Å². The number of rotatable bonds is 4. The van der Waals surface area contributed by atoms with Crippen LogP contribution in [-0.2, 0) is 6.42 Å². The smallest absolute Gasteiger partial charge is 0.0285 e. The van der Waals surface area contributed by atoms with Crippen LogP contribution < -0.4 is 5.32 Å². The van der Waals surface area contributed by atoms with Crippen molar-refractivity contribution in [1.82, 2.24) is 5.32 Å². The van der Waals surface area contributed by atoms with Gasteiger partial charge < -0.3 is 5.32 Å². The number of thiophene rings is 1. The van der Waals surface area contributed by atoms with E-state index in [9.17, 15) is 0 Å². The Hall–Kier alpha value is 0.140. The average molecular weight is 358 g/mol. The summed E-state index contributed by atoms with van der Waals surface area (Å²) in [6.45, 7) is 8.36. The van der Waals surface area contributed by atoms with Crippen molar-refractivity contribution in [2.75, 3.05) is 13.6 Å². The predicted molar refractivity (Wildman–Crippen MR) is 93.5 cm³/mol. The van der Waals surface area contributed by atoms with Gasteiger partial charge in [-0.25, -0.2) is 0 Å². The molecular formula is C17H28BrNS. The zero-order valence-corrected chi connectivity index (χ0v) is 15.7. The molecule has 1 nitrogen and oxygen atoms in total. The summed E-state index contributed by atoms with van der Waals surface area (Å²) in [5.41, 5.74) is 0.943. The van der Waals surface area contributed by atoms with E-state index in [0.717, 1.165) is 12.5 Å². The summed E-state index contributed by atoms with van der Waals surface area (Å²) < 4.78 is 1.24. The lowest BCUT2D eigenvalue weighted by Gasteiger charge is -2.44. The van der Waals surface area contributed by atoms with Crippen LogP contribution in [0.5, 0.6) is 0 Å². The van der Waals surface area contributed by atoms with Crippen LogP contribution in [0.4, 0.5) is 0 Å². The number of hydrogen-bond acceptors (Lipinski definition) is 2. The SMILES string of the molecule is CNCC1(Cc2cc(Br)cs2)CCC(C(C)(C)C)CC1. The summed E-state index contributed by atoms with van der Waals surface area (Å²) in [5.74, 6) is 0.891. The van der Waals surface area contributed by atoms with Crippen LogP contribution in [0.3, 0.4) is 0 Å². The second-order valence-corrected chi connectivity index (χ2v) is 9.49. The Morgan fingerprint density at radius 3 is 2.45 bits per heavy atom. The van der Waals surface area contributed by atoms with E-state index in [2.05, 4.69) is 60.5 Å². The molecule has 0 bridgehead atoms. The average Bonchev–Trinajstić information content (AvgIpc) is 2.74. The van der Waals surface area contributed by atoms with Crippen LogP contribution in [0.15, 0.2) is 15.9 Å². The Balaban J connectivity index is 2.05. The zero-order valence-electron chi connectivity index (χ0n) is 13.3. The Labute approximate surface area is 136 Å². The molecule has 2 rings (SSSR count). The van der Waals surface area contributed by atoms with Gasteiger partial charge in [-0.2, -0.15) is 0 Å². The largest absolute Gasteiger partial charge is 0.319 e. The molecule has 1 aromatic rings. The quantitative estimate of drug-likeness (QED) is 0.750. The number of halogens is 1. The van der Waals surface area contributed by atoms with Gasteiger partial charge in [0.05, 0.1) is 0 Å². The first-order valence-corrected chi connectivity index (χ1v) is 9.39. The minimum Gasteiger partial charge on any atom is -0.319 e. The maximum atomic E-state index is 3.58. The topological polar surface area (TPSA) is 12.0 Å². The van der Waals surface area contributed by atoms with E-state index in [0.29, 0.717) is 10.8 Å². The molecule has 1 saturated carbocycles. The van der Waals surface area contributed by atoms with Gasteiger partial charge in [-0.1, -0.05) is 20.8 Å². The standard InChI is InChI=1S/C17H28BrNS/c1-16(2,3)13-5-7-17(8-6-13,12-19-4)10-15-9-14(18)11-20-15/h9,11,13,19H,5-8,10,12H2,1-4H3. The van der Waals surface area contributed by atoms with Crippen LogP contribution in [0.2, 0.25) is 0 Å². The molecule has 0 radical (unpaired) electrons. The Morgan fingerprint density at radius 2 is 2.00 bits per heavy atom. The van der Waals surface area contributed by atoms with Gasteiger partial charge in [0.25, 0.3) is 0 Å². The minimum absolute atomic E-state index is 0.470. The minimum atomic E-state index is 0.470. The maximum absolute atomic E-state index is 3.58. The van der Waals surface area contributed by atoms with E-state index in [4.69, 9.17) is 0 Å². The summed E-state index contributed by atoms with van der Waals surface area (Å²) in [4.78, 5) is 1.53. The van der Waals surface area contributed by atoms with Gasteiger partial charge >= 0.3 is 0 Å². The lowest BCUT2D eigenvalue weighted by Crippen LogP contribution is -2.40. The molecule has 20 heavy (non-hydrogen) atoms. The van der Waals surface area contributed by atoms with Gasteiger partial charge in [0.1, 0.15) is 0 Å². The molecule has 0 amide bonds. The molecule has 0 aromatic carbocycles. The molecule has 0 saturated heterocycles. The van der Waals surface area contributed by atoms with E-state index in [-0.39, 0.29) is 0 Å². The summed E-state index contributed by atoms with van der Waals surface area (Å²) in [6.07, 6.45) is 6.74. The second kappa shape index (κ2) is 6.50. The first-order valence-electron chi connectivity index (χ1n) is 7.72. The van der Waals surface area contributed by atoms with Crippen LogP contribution in [0, 0.1) is 16.7 Å². The van der Waals surface area contributed by atoms with Gasteiger partial charge in [0.2, 0.25) is 0 Å². The summed E-state index contributed by atoms with van der Waals surface area (Å²) >= 11 is 5.48. The molecule has 1 fully saturated rings. The number of nitrogens with one attached hydrogen (secondary N) is 1. The summed E-state index contributed by atoms with van der Waals surface area (Å²) in [6, 6.07) is 2.30. The van der Waals surface area contributed by atoms with Crippen molar-refractivity contribution >= 4 is 27.3 Å². The molecule has 0 atom stereocenters. The third-order valence-electron chi connectivity index (χ3n) is 4.99. The second-order valence-electron chi connectivity index (χ2n) is 7.58. The predicted octanol–water partition coefficient (Wildman–Crippen LogP) is 5.50. The monoisotopic (exact) mass is 357 g/mol. The van der Waals surface area contributed by atoms with Crippen LogP contribution in [0.1, 0.15) is 51.3 Å².